The van der Waals surface area contributed by atoms with Crippen LogP contribution in [0.15, 0.2) is 98.9 Å². The molecule has 0 fully saturated rings. The van der Waals surface area contributed by atoms with E-state index in [2.05, 4.69) is 15.9 Å². The molecule has 158 valence electrons. The lowest BCUT2D eigenvalue weighted by atomic mass is 10.0. The zero-order valence-corrected chi connectivity index (χ0v) is 19.1. The number of carbonyl (C=O) groups excluding carboxylic acids is 1. The predicted molar refractivity (Wildman–Crippen MR) is 123 cm³/mol. The second-order valence-electron chi connectivity index (χ2n) is 7.18. The van der Waals surface area contributed by atoms with E-state index in [0.717, 1.165) is 16.5 Å². The van der Waals surface area contributed by atoms with E-state index >= 15 is 0 Å². The molecule has 31 heavy (non-hydrogen) atoms. The number of aliphatic hydroxyl groups excluding tert-OH is 1. The Balaban J connectivity index is 1.93. The second kappa shape index (κ2) is 8.32. The van der Waals surface area contributed by atoms with Gasteiger partial charge < -0.3 is 5.11 Å². The molecule has 7 heteroatoms. The number of sulfone groups is 1. The van der Waals surface area contributed by atoms with Gasteiger partial charge in [-0.3, -0.25) is 9.69 Å². The molecule has 0 unspecified atom stereocenters. The van der Waals surface area contributed by atoms with Crippen LogP contribution in [0, 0.1) is 0 Å². The minimum absolute atomic E-state index is 0.0252. The highest BCUT2D eigenvalue weighted by molar-refractivity contribution is 9.10. The molecule has 0 aliphatic carbocycles. The van der Waals surface area contributed by atoms with E-state index in [0.29, 0.717) is 11.3 Å². The van der Waals surface area contributed by atoms with Crippen LogP contribution in [0.5, 0.6) is 0 Å². The first kappa shape index (κ1) is 21.3. The summed E-state index contributed by atoms with van der Waals surface area (Å²) in [5.41, 5.74) is 2.18. The third kappa shape index (κ3) is 3.79. The average Bonchev–Trinajstić information content (AvgIpc) is 3.06. The van der Waals surface area contributed by atoms with E-state index in [-0.39, 0.29) is 9.80 Å². The van der Waals surface area contributed by atoms with Gasteiger partial charge >= 0.3 is 0 Å². The summed E-state index contributed by atoms with van der Waals surface area (Å²) < 4.78 is 27.9. The van der Waals surface area contributed by atoms with Gasteiger partial charge in [0.05, 0.1) is 4.90 Å². The van der Waals surface area contributed by atoms with Crippen molar-refractivity contribution < 1.29 is 18.3 Å². The van der Waals surface area contributed by atoms with E-state index in [1.165, 1.54) is 17.0 Å². The summed E-state index contributed by atoms with van der Waals surface area (Å²) in [4.78, 5) is 14.2. The maximum Gasteiger partial charge on any atom is 0.295 e. The molecule has 0 aromatic heterocycles. The summed E-state index contributed by atoms with van der Waals surface area (Å²) in [5.74, 6) is -1.50. The number of hydrogen-bond donors (Lipinski definition) is 1. The van der Waals surface area contributed by atoms with E-state index in [4.69, 9.17) is 0 Å². The molecule has 1 amide bonds. The summed E-state index contributed by atoms with van der Waals surface area (Å²) in [6, 6.07) is 21.2. The van der Waals surface area contributed by atoms with Crippen molar-refractivity contribution in [3.63, 3.8) is 0 Å². The van der Waals surface area contributed by atoms with Gasteiger partial charge in [-0.2, -0.15) is 0 Å². The lowest BCUT2D eigenvalue weighted by Gasteiger charge is -2.27. The molecule has 1 heterocycles. The summed E-state index contributed by atoms with van der Waals surface area (Å²) in [5, 5.41) is 10.8. The number of halogens is 1. The summed E-state index contributed by atoms with van der Waals surface area (Å²) in [6.07, 6.45) is 0.830. The van der Waals surface area contributed by atoms with Crippen molar-refractivity contribution in [2.24, 2.45) is 0 Å². The zero-order chi connectivity index (χ0) is 22.2. The van der Waals surface area contributed by atoms with Gasteiger partial charge in [0.15, 0.2) is 5.76 Å². The van der Waals surface area contributed by atoms with Gasteiger partial charge in [0.2, 0.25) is 9.84 Å². The van der Waals surface area contributed by atoms with Crippen molar-refractivity contribution in [2.45, 2.75) is 24.3 Å². The molecule has 0 bridgehead atoms. The first-order valence-electron chi connectivity index (χ1n) is 9.76. The van der Waals surface area contributed by atoms with Crippen LogP contribution in [0.1, 0.15) is 24.1 Å². The Kier molecular flexibility index (Phi) is 5.73. The Morgan fingerprint density at radius 2 is 1.55 bits per heavy atom. The van der Waals surface area contributed by atoms with Crippen molar-refractivity contribution in [1.29, 1.82) is 0 Å². The van der Waals surface area contributed by atoms with Crippen molar-refractivity contribution in [2.75, 3.05) is 4.90 Å². The number of rotatable bonds is 5. The number of carbonyl (C=O) groups is 1. The predicted octanol–water partition coefficient (Wildman–Crippen LogP) is 5.34. The zero-order valence-electron chi connectivity index (χ0n) is 16.7. The van der Waals surface area contributed by atoms with Crippen LogP contribution in [0.25, 0.3) is 0 Å². The molecule has 3 aromatic carbocycles. The maximum atomic E-state index is 13.5. The average molecular weight is 498 g/mol. The Morgan fingerprint density at radius 1 is 0.935 bits per heavy atom. The lowest BCUT2D eigenvalue weighted by Crippen LogP contribution is -2.31. The minimum atomic E-state index is -4.13. The van der Waals surface area contributed by atoms with Crippen molar-refractivity contribution in [3.8, 4) is 0 Å². The second-order valence-corrected chi connectivity index (χ2v) is 10.0. The van der Waals surface area contributed by atoms with Crippen molar-refractivity contribution in [3.05, 3.63) is 105 Å². The van der Waals surface area contributed by atoms with Crippen molar-refractivity contribution in [1.82, 2.24) is 0 Å². The third-order valence-electron chi connectivity index (χ3n) is 5.31. The quantitative estimate of drug-likeness (QED) is 0.515. The van der Waals surface area contributed by atoms with Crippen LogP contribution in [-0.2, 0) is 21.1 Å². The van der Waals surface area contributed by atoms with Crippen molar-refractivity contribution >= 4 is 37.4 Å². The molecule has 5 nitrogen and oxygen atoms in total. The monoisotopic (exact) mass is 497 g/mol. The fourth-order valence-corrected chi connectivity index (χ4v) is 5.60. The molecule has 0 saturated heterocycles. The highest BCUT2D eigenvalue weighted by Crippen LogP contribution is 2.44. The molecule has 1 aliphatic heterocycles. The molecule has 0 radical (unpaired) electrons. The fourth-order valence-electron chi connectivity index (χ4n) is 3.69. The summed E-state index contributed by atoms with van der Waals surface area (Å²) in [6.45, 7) is 2.03. The summed E-state index contributed by atoms with van der Waals surface area (Å²) in [7, 11) is -4.13. The lowest BCUT2D eigenvalue weighted by molar-refractivity contribution is -0.117. The summed E-state index contributed by atoms with van der Waals surface area (Å²) >= 11 is 3.37. The molecule has 1 atom stereocenters. The van der Waals surface area contributed by atoms with Gasteiger partial charge in [-0.1, -0.05) is 65.3 Å². The molecular weight excluding hydrogens is 478 g/mol. The molecule has 0 spiro atoms. The normalized spacial score (nSPS) is 16.8. The minimum Gasteiger partial charge on any atom is -0.502 e. The van der Waals surface area contributed by atoms with Crippen LogP contribution >= 0.6 is 15.9 Å². The van der Waals surface area contributed by atoms with E-state index < -0.39 is 27.5 Å². The van der Waals surface area contributed by atoms with Crippen LogP contribution in [-0.4, -0.2) is 19.4 Å². The van der Waals surface area contributed by atoms with Gasteiger partial charge in [-0.25, -0.2) is 8.42 Å². The molecule has 1 N–H and O–H groups in total. The molecule has 1 aliphatic rings. The van der Waals surface area contributed by atoms with Gasteiger partial charge in [0.25, 0.3) is 5.91 Å². The van der Waals surface area contributed by atoms with Gasteiger partial charge in [0.1, 0.15) is 10.9 Å². The first-order valence-corrected chi connectivity index (χ1v) is 12.0. The van der Waals surface area contributed by atoms with Crippen LogP contribution in [0.4, 0.5) is 5.69 Å². The smallest absolute Gasteiger partial charge is 0.295 e. The maximum absolute atomic E-state index is 13.5. The van der Waals surface area contributed by atoms with Gasteiger partial charge in [-0.05, 0) is 53.9 Å². The number of anilines is 1. The highest BCUT2D eigenvalue weighted by atomic mass is 79.9. The SMILES string of the molecule is CCc1ccc([C@@H]2C(S(=O)(=O)c3ccccc3)=C(O)C(=O)N2c2ccc(Br)cc2)cc1. The largest absolute Gasteiger partial charge is 0.502 e. The number of nitrogens with zero attached hydrogens (tertiary/aromatic N) is 1. The standard InChI is InChI=1S/C24H20BrNO4S/c1-2-16-8-10-17(11-9-16)21-23(31(29,30)20-6-4-3-5-7-20)22(27)24(28)26(21)19-14-12-18(25)13-15-19/h3-15,21,27H,2H2,1H3/t21-/m1/s1. The van der Waals surface area contributed by atoms with Crippen LogP contribution in [0.3, 0.4) is 0 Å². The Hall–Kier alpha value is -2.90. The highest BCUT2D eigenvalue weighted by Gasteiger charge is 2.47. The molecule has 3 aromatic rings. The van der Waals surface area contributed by atoms with E-state index in [1.807, 2.05) is 31.2 Å². The topological polar surface area (TPSA) is 74.7 Å². The Labute approximate surface area is 189 Å². The van der Waals surface area contributed by atoms with E-state index in [9.17, 15) is 18.3 Å². The number of amides is 1. The van der Waals surface area contributed by atoms with Gasteiger partial charge in [-0.15, -0.1) is 0 Å². The number of hydrogen-bond acceptors (Lipinski definition) is 4. The van der Waals surface area contributed by atoms with Crippen LogP contribution < -0.4 is 4.90 Å². The van der Waals surface area contributed by atoms with Crippen LogP contribution in [0.2, 0.25) is 0 Å². The molecule has 4 rings (SSSR count). The molecule has 0 saturated carbocycles. The molecular formula is C24H20BrNO4S. The third-order valence-corrected chi connectivity index (χ3v) is 7.73. The Morgan fingerprint density at radius 3 is 2.13 bits per heavy atom. The fraction of sp³-hybridized carbons (Fsp3) is 0.125. The first-order chi connectivity index (χ1) is 14.8. The number of benzene rings is 3. The van der Waals surface area contributed by atoms with Gasteiger partial charge in [0, 0.05) is 10.2 Å². The Bertz CT molecular complexity index is 1250. The van der Waals surface area contributed by atoms with E-state index in [1.54, 1.807) is 42.5 Å². The number of aliphatic hydroxyl groups is 1. The number of aryl methyl sites for hydroxylation is 1.